The summed E-state index contributed by atoms with van der Waals surface area (Å²) in [7, 11) is 3.71. The zero-order valence-electron chi connectivity index (χ0n) is 13.0. The number of guanidine groups is 1. The van der Waals surface area contributed by atoms with Crippen LogP contribution in [0.3, 0.4) is 0 Å². The van der Waals surface area contributed by atoms with Crippen LogP contribution >= 0.6 is 11.3 Å². The highest BCUT2D eigenvalue weighted by molar-refractivity contribution is 7.11. The minimum absolute atomic E-state index is 0.703. The first-order valence-corrected chi connectivity index (χ1v) is 7.76. The molecule has 7 heteroatoms. The van der Waals surface area contributed by atoms with Gasteiger partial charge in [-0.25, -0.2) is 4.98 Å². The Hall–Kier alpha value is -1.89. The number of rotatable bonds is 5. The Morgan fingerprint density at radius 1 is 1.38 bits per heavy atom. The van der Waals surface area contributed by atoms with Gasteiger partial charge in [-0.1, -0.05) is 0 Å². The van der Waals surface area contributed by atoms with Crippen LogP contribution in [0.4, 0.5) is 0 Å². The topological polar surface area (TPSA) is 67.1 Å². The van der Waals surface area contributed by atoms with E-state index in [2.05, 4.69) is 32.6 Å². The second-order valence-electron chi connectivity index (χ2n) is 4.79. The van der Waals surface area contributed by atoms with Gasteiger partial charge in [-0.05, 0) is 19.9 Å². The number of hydrogen-bond acceptors (Lipinski definition) is 4. The average molecular weight is 306 g/mol. The molecule has 0 saturated carbocycles. The molecular formula is C14H22N6S. The predicted molar refractivity (Wildman–Crippen MR) is 86.7 cm³/mol. The molecule has 0 unspecified atom stereocenters. The third kappa shape index (κ3) is 4.29. The molecule has 0 aromatic carbocycles. The fraction of sp³-hybridized carbons (Fsp3) is 0.500. The van der Waals surface area contributed by atoms with Crippen LogP contribution in [0.5, 0.6) is 0 Å². The lowest BCUT2D eigenvalue weighted by molar-refractivity contribution is 0.684. The molecule has 2 aromatic heterocycles. The second kappa shape index (κ2) is 7.21. The second-order valence-corrected chi connectivity index (χ2v) is 6.08. The number of aliphatic imine (C=N–C) groups is 1. The Labute approximate surface area is 129 Å². The highest BCUT2D eigenvalue weighted by atomic mass is 32.1. The van der Waals surface area contributed by atoms with Gasteiger partial charge in [-0.3, -0.25) is 9.67 Å². The van der Waals surface area contributed by atoms with Gasteiger partial charge in [0.25, 0.3) is 0 Å². The van der Waals surface area contributed by atoms with E-state index >= 15 is 0 Å². The van der Waals surface area contributed by atoms with E-state index in [0.717, 1.165) is 35.3 Å². The van der Waals surface area contributed by atoms with E-state index in [0.29, 0.717) is 6.54 Å². The molecule has 0 aliphatic heterocycles. The summed E-state index contributed by atoms with van der Waals surface area (Å²) in [5.74, 6) is 0.801. The monoisotopic (exact) mass is 306 g/mol. The zero-order valence-corrected chi connectivity index (χ0v) is 13.8. The van der Waals surface area contributed by atoms with Crippen LogP contribution < -0.4 is 10.6 Å². The van der Waals surface area contributed by atoms with Gasteiger partial charge < -0.3 is 10.6 Å². The Balaban J connectivity index is 1.78. The standard InChI is InChI=1S/C14H22N6S/c1-10-13(21-11(2)19-10)6-7-16-14(15-3)17-9-12-5-8-18-20(12)4/h5,8H,6-7,9H2,1-4H3,(H2,15,16,17). The summed E-state index contributed by atoms with van der Waals surface area (Å²) in [5.41, 5.74) is 2.25. The molecule has 0 bridgehead atoms. The number of thiazole rings is 1. The van der Waals surface area contributed by atoms with Gasteiger partial charge in [0.15, 0.2) is 5.96 Å². The maximum absolute atomic E-state index is 4.44. The molecule has 114 valence electrons. The van der Waals surface area contributed by atoms with Crippen LogP contribution in [0.25, 0.3) is 0 Å². The highest BCUT2D eigenvalue weighted by Crippen LogP contribution is 2.16. The molecule has 21 heavy (non-hydrogen) atoms. The Morgan fingerprint density at radius 2 is 2.19 bits per heavy atom. The van der Waals surface area contributed by atoms with Crippen LogP contribution in [0, 0.1) is 13.8 Å². The first kappa shape index (κ1) is 15.5. The Morgan fingerprint density at radius 3 is 2.76 bits per heavy atom. The lowest BCUT2D eigenvalue weighted by atomic mass is 10.3. The van der Waals surface area contributed by atoms with Gasteiger partial charge in [-0.2, -0.15) is 5.10 Å². The molecule has 0 aliphatic rings. The molecule has 0 spiro atoms. The summed E-state index contributed by atoms with van der Waals surface area (Å²) in [4.78, 5) is 10.0. The quantitative estimate of drug-likeness (QED) is 0.647. The summed E-state index contributed by atoms with van der Waals surface area (Å²) in [6.07, 6.45) is 2.76. The van der Waals surface area contributed by atoms with Crippen molar-refractivity contribution in [2.45, 2.75) is 26.8 Å². The number of nitrogens with one attached hydrogen (secondary N) is 2. The van der Waals surface area contributed by atoms with Crippen LogP contribution in [0.1, 0.15) is 21.3 Å². The average Bonchev–Trinajstić information content (AvgIpc) is 2.99. The molecule has 2 heterocycles. The van der Waals surface area contributed by atoms with E-state index in [4.69, 9.17) is 0 Å². The molecule has 2 rings (SSSR count). The van der Waals surface area contributed by atoms with Crippen molar-refractivity contribution < 1.29 is 0 Å². The van der Waals surface area contributed by atoms with Gasteiger partial charge in [-0.15, -0.1) is 11.3 Å². The minimum Gasteiger partial charge on any atom is -0.356 e. The van der Waals surface area contributed by atoms with E-state index < -0.39 is 0 Å². The number of aryl methyl sites for hydroxylation is 3. The smallest absolute Gasteiger partial charge is 0.191 e. The van der Waals surface area contributed by atoms with Crippen LogP contribution in [0.2, 0.25) is 0 Å². The van der Waals surface area contributed by atoms with Gasteiger partial charge >= 0.3 is 0 Å². The van der Waals surface area contributed by atoms with E-state index in [9.17, 15) is 0 Å². The van der Waals surface area contributed by atoms with Crippen molar-refractivity contribution in [2.75, 3.05) is 13.6 Å². The van der Waals surface area contributed by atoms with E-state index in [-0.39, 0.29) is 0 Å². The lowest BCUT2D eigenvalue weighted by Gasteiger charge is -2.11. The summed E-state index contributed by atoms with van der Waals surface area (Å²) in [5, 5.41) is 11.9. The molecule has 6 nitrogen and oxygen atoms in total. The summed E-state index contributed by atoms with van der Waals surface area (Å²) in [6, 6.07) is 1.99. The Kier molecular flexibility index (Phi) is 5.32. The van der Waals surface area contributed by atoms with Gasteiger partial charge in [0.05, 0.1) is 22.9 Å². The van der Waals surface area contributed by atoms with Crippen LogP contribution in [-0.2, 0) is 20.0 Å². The number of aromatic nitrogens is 3. The van der Waals surface area contributed by atoms with Crippen LogP contribution in [0.15, 0.2) is 17.3 Å². The molecule has 2 N–H and O–H groups in total. The van der Waals surface area contributed by atoms with Crippen molar-refractivity contribution >= 4 is 17.3 Å². The molecule has 0 radical (unpaired) electrons. The first-order chi connectivity index (χ1) is 10.1. The number of hydrogen-bond donors (Lipinski definition) is 2. The zero-order chi connectivity index (χ0) is 15.2. The van der Waals surface area contributed by atoms with Crippen LogP contribution in [-0.4, -0.2) is 34.3 Å². The van der Waals surface area contributed by atoms with E-state index in [1.807, 2.05) is 24.7 Å². The van der Waals surface area contributed by atoms with Crippen molar-refractivity contribution in [3.8, 4) is 0 Å². The van der Waals surface area contributed by atoms with Crippen molar-refractivity contribution in [3.05, 3.63) is 33.5 Å². The summed E-state index contributed by atoms with van der Waals surface area (Å²) < 4.78 is 1.85. The molecular weight excluding hydrogens is 284 g/mol. The Bertz CT molecular complexity index is 613. The summed E-state index contributed by atoms with van der Waals surface area (Å²) in [6.45, 7) is 5.65. The van der Waals surface area contributed by atoms with Crippen molar-refractivity contribution in [1.29, 1.82) is 0 Å². The highest BCUT2D eigenvalue weighted by Gasteiger charge is 2.05. The van der Waals surface area contributed by atoms with Crippen molar-refractivity contribution in [3.63, 3.8) is 0 Å². The fourth-order valence-electron chi connectivity index (χ4n) is 2.07. The first-order valence-electron chi connectivity index (χ1n) is 6.94. The summed E-state index contributed by atoms with van der Waals surface area (Å²) >= 11 is 1.76. The molecule has 0 aliphatic carbocycles. The van der Waals surface area contributed by atoms with Gasteiger partial charge in [0, 0.05) is 38.1 Å². The molecule has 0 amide bonds. The molecule has 2 aromatic rings. The predicted octanol–water partition coefficient (Wildman–Crippen LogP) is 1.40. The fourth-order valence-corrected chi connectivity index (χ4v) is 3.01. The minimum atomic E-state index is 0.703. The van der Waals surface area contributed by atoms with Gasteiger partial charge in [0.1, 0.15) is 0 Å². The molecule has 0 atom stereocenters. The molecule has 0 fully saturated rings. The lowest BCUT2D eigenvalue weighted by Crippen LogP contribution is -2.38. The maximum Gasteiger partial charge on any atom is 0.191 e. The SMILES string of the molecule is CN=C(NCCc1sc(C)nc1C)NCc1ccnn1C. The third-order valence-electron chi connectivity index (χ3n) is 3.23. The maximum atomic E-state index is 4.44. The normalized spacial score (nSPS) is 11.7. The number of nitrogens with zero attached hydrogens (tertiary/aromatic N) is 4. The van der Waals surface area contributed by atoms with E-state index in [1.54, 1.807) is 24.6 Å². The third-order valence-corrected chi connectivity index (χ3v) is 4.36. The molecule has 0 saturated heterocycles. The van der Waals surface area contributed by atoms with Crippen molar-refractivity contribution in [1.82, 2.24) is 25.4 Å². The van der Waals surface area contributed by atoms with E-state index in [1.165, 1.54) is 4.88 Å². The van der Waals surface area contributed by atoms with Crippen molar-refractivity contribution in [2.24, 2.45) is 12.0 Å². The van der Waals surface area contributed by atoms with Gasteiger partial charge in [0.2, 0.25) is 0 Å². The largest absolute Gasteiger partial charge is 0.356 e.